The molecule has 0 aromatic carbocycles. The summed E-state index contributed by atoms with van der Waals surface area (Å²) in [6.07, 6.45) is 3.05. The number of carbonyl (C=O) groups is 1. The summed E-state index contributed by atoms with van der Waals surface area (Å²) in [6, 6.07) is 5.97. The molecular weight excluding hydrogens is 324 g/mol. The second kappa shape index (κ2) is 6.10. The van der Waals surface area contributed by atoms with Crippen molar-refractivity contribution in [2.75, 3.05) is 5.32 Å². The fraction of sp³-hybridized carbons (Fsp3) is 0.444. The van der Waals surface area contributed by atoms with E-state index in [0.717, 1.165) is 24.8 Å². The lowest BCUT2D eigenvalue weighted by Crippen LogP contribution is -2.26. The first kappa shape index (κ1) is 16.2. The van der Waals surface area contributed by atoms with Crippen LogP contribution in [-0.4, -0.2) is 5.91 Å². The van der Waals surface area contributed by atoms with Gasteiger partial charge in [-0.05, 0) is 47.6 Å². The van der Waals surface area contributed by atoms with Gasteiger partial charge in [0.15, 0.2) is 0 Å². The summed E-state index contributed by atoms with van der Waals surface area (Å²) in [4.78, 5) is 14.2. The third kappa shape index (κ3) is 3.19. The standard InChI is InChI=1S/C18H20N2OS2/c1-18(2,3)11-6-7-12-13(10-19)17(23-15(12)9-11)20-16(21)14-5-4-8-22-14/h4-5,8,11H,6-7,9H2,1-3H3,(H,20,21). The number of nitrogens with zero attached hydrogens (tertiary/aromatic N) is 1. The Hall–Kier alpha value is -1.64. The largest absolute Gasteiger partial charge is 0.312 e. The van der Waals surface area contributed by atoms with Gasteiger partial charge in [-0.25, -0.2) is 0 Å². The molecule has 0 fully saturated rings. The van der Waals surface area contributed by atoms with Gasteiger partial charge in [0.2, 0.25) is 0 Å². The smallest absolute Gasteiger partial charge is 0.266 e. The normalized spacial score (nSPS) is 17.4. The minimum Gasteiger partial charge on any atom is -0.312 e. The average Bonchev–Trinajstić information content (AvgIpc) is 3.12. The Morgan fingerprint density at radius 2 is 2.22 bits per heavy atom. The number of nitrogens with one attached hydrogen (secondary N) is 1. The Morgan fingerprint density at radius 1 is 1.43 bits per heavy atom. The highest BCUT2D eigenvalue weighted by Crippen LogP contribution is 2.44. The third-order valence-corrected chi connectivity index (χ3v) is 6.61. The zero-order valence-corrected chi connectivity index (χ0v) is 15.2. The molecule has 0 saturated heterocycles. The van der Waals surface area contributed by atoms with Crippen LogP contribution in [0.2, 0.25) is 0 Å². The molecule has 1 aliphatic carbocycles. The molecule has 0 spiro atoms. The maximum Gasteiger partial charge on any atom is 0.266 e. The number of amides is 1. The van der Waals surface area contributed by atoms with Crippen molar-refractivity contribution in [1.82, 2.24) is 0 Å². The van der Waals surface area contributed by atoms with Crippen LogP contribution in [0.25, 0.3) is 0 Å². The number of carbonyl (C=O) groups excluding carboxylic acids is 1. The van der Waals surface area contributed by atoms with Crippen molar-refractivity contribution in [3.8, 4) is 6.07 Å². The molecule has 3 nitrogen and oxygen atoms in total. The topological polar surface area (TPSA) is 52.9 Å². The molecule has 0 aliphatic heterocycles. The summed E-state index contributed by atoms with van der Waals surface area (Å²) in [5.74, 6) is 0.503. The molecule has 2 aromatic rings. The van der Waals surface area contributed by atoms with Crippen LogP contribution < -0.4 is 5.32 Å². The molecule has 1 atom stereocenters. The maximum atomic E-state index is 12.3. The molecule has 23 heavy (non-hydrogen) atoms. The van der Waals surface area contributed by atoms with Gasteiger partial charge in [-0.2, -0.15) is 5.26 Å². The fourth-order valence-corrected chi connectivity index (χ4v) is 5.00. The first-order chi connectivity index (χ1) is 10.9. The van der Waals surface area contributed by atoms with Crippen LogP contribution in [-0.2, 0) is 12.8 Å². The Bertz CT molecular complexity index is 760. The van der Waals surface area contributed by atoms with Gasteiger partial charge in [-0.1, -0.05) is 26.8 Å². The first-order valence-electron chi connectivity index (χ1n) is 7.79. The molecule has 1 amide bonds. The predicted molar refractivity (Wildman–Crippen MR) is 96.3 cm³/mol. The van der Waals surface area contributed by atoms with Crippen molar-refractivity contribution in [2.24, 2.45) is 11.3 Å². The Labute approximate surface area is 145 Å². The van der Waals surface area contributed by atoms with Crippen LogP contribution >= 0.6 is 22.7 Å². The Morgan fingerprint density at radius 3 is 2.83 bits per heavy atom. The van der Waals surface area contributed by atoms with Gasteiger partial charge >= 0.3 is 0 Å². The minimum absolute atomic E-state index is 0.123. The Balaban J connectivity index is 1.88. The highest BCUT2D eigenvalue weighted by atomic mass is 32.1. The van der Waals surface area contributed by atoms with Gasteiger partial charge in [0.25, 0.3) is 5.91 Å². The lowest BCUT2D eigenvalue weighted by Gasteiger charge is -2.33. The van der Waals surface area contributed by atoms with Crippen LogP contribution in [0, 0.1) is 22.7 Å². The number of nitriles is 1. The molecular formula is C18H20N2OS2. The third-order valence-electron chi connectivity index (χ3n) is 4.57. The summed E-state index contributed by atoms with van der Waals surface area (Å²) in [5.41, 5.74) is 2.09. The van der Waals surface area contributed by atoms with Gasteiger partial charge in [0, 0.05) is 4.88 Å². The number of hydrogen-bond donors (Lipinski definition) is 1. The molecule has 1 unspecified atom stereocenters. The van der Waals surface area contributed by atoms with Gasteiger partial charge < -0.3 is 5.32 Å². The van der Waals surface area contributed by atoms with Crippen LogP contribution in [0.4, 0.5) is 5.00 Å². The van der Waals surface area contributed by atoms with Crippen molar-refractivity contribution in [3.63, 3.8) is 0 Å². The highest BCUT2D eigenvalue weighted by molar-refractivity contribution is 7.17. The van der Waals surface area contributed by atoms with E-state index in [1.807, 2.05) is 11.4 Å². The van der Waals surface area contributed by atoms with E-state index in [1.165, 1.54) is 16.2 Å². The average molecular weight is 345 g/mol. The number of fused-ring (bicyclic) bond motifs is 1. The Kier molecular flexibility index (Phi) is 4.31. The SMILES string of the molecule is CC(C)(C)C1CCc2c(sc(NC(=O)c3cccs3)c2C#N)C1. The minimum atomic E-state index is -0.123. The molecule has 2 aromatic heterocycles. The van der Waals surface area contributed by atoms with Crippen molar-refractivity contribution >= 4 is 33.6 Å². The summed E-state index contributed by atoms with van der Waals surface area (Å²) in [6.45, 7) is 6.84. The quantitative estimate of drug-likeness (QED) is 0.825. The van der Waals surface area contributed by atoms with Gasteiger partial charge in [-0.3, -0.25) is 4.79 Å². The molecule has 0 saturated carbocycles. The number of hydrogen-bond acceptors (Lipinski definition) is 4. The molecule has 3 rings (SSSR count). The van der Waals surface area contributed by atoms with Crippen LogP contribution in [0.1, 0.15) is 52.9 Å². The van der Waals surface area contributed by atoms with Crippen LogP contribution in [0.3, 0.4) is 0 Å². The van der Waals surface area contributed by atoms with E-state index in [4.69, 9.17) is 0 Å². The second-order valence-electron chi connectivity index (χ2n) is 7.06. The van der Waals surface area contributed by atoms with Gasteiger partial charge in [-0.15, -0.1) is 22.7 Å². The van der Waals surface area contributed by atoms with E-state index in [1.54, 1.807) is 17.4 Å². The molecule has 2 heterocycles. The lowest BCUT2D eigenvalue weighted by molar-refractivity contribution is 0.103. The maximum absolute atomic E-state index is 12.3. The molecule has 120 valence electrons. The summed E-state index contributed by atoms with van der Waals surface area (Å²) >= 11 is 2.99. The van der Waals surface area contributed by atoms with Crippen LogP contribution in [0.5, 0.6) is 0 Å². The number of thiophene rings is 2. The van der Waals surface area contributed by atoms with Crippen molar-refractivity contribution < 1.29 is 4.79 Å². The zero-order chi connectivity index (χ0) is 16.6. The fourth-order valence-electron chi connectivity index (χ4n) is 3.10. The highest BCUT2D eigenvalue weighted by Gasteiger charge is 2.32. The second-order valence-corrected chi connectivity index (χ2v) is 9.11. The summed E-state index contributed by atoms with van der Waals surface area (Å²) in [7, 11) is 0. The molecule has 0 bridgehead atoms. The lowest BCUT2D eigenvalue weighted by atomic mass is 9.72. The monoisotopic (exact) mass is 344 g/mol. The van der Waals surface area contributed by atoms with Gasteiger partial charge in [0.05, 0.1) is 10.4 Å². The van der Waals surface area contributed by atoms with Crippen molar-refractivity contribution in [1.29, 1.82) is 5.26 Å². The van der Waals surface area contributed by atoms with Gasteiger partial charge in [0.1, 0.15) is 11.1 Å². The summed E-state index contributed by atoms with van der Waals surface area (Å²) in [5, 5.41) is 15.1. The zero-order valence-electron chi connectivity index (χ0n) is 13.6. The van der Waals surface area contributed by atoms with E-state index in [-0.39, 0.29) is 11.3 Å². The van der Waals surface area contributed by atoms with Crippen molar-refractivity contribution in [3.05, 3.63) is 38.4 Å². The summed E-state index contributed by atoms with van der Waals surface area (Å²) < 4.78 is 0. The van der Waals surface area contributed by atoms with E-state index >= 15 is 0 Å². The molecule has 1 aliphatic rings. The predicted octanol–water partition coefficient (Wildman–Crippen LogP) is 5.08. The van der Waals surface area contributed by atoms with Crippen LogP contribution in [0.15, 0.2) is 17.5 Å². The number of anilines is 1. The molecule has 0 radical (unpaired) electrons. The first-order valence-corrected chi connectivity index (χ1v) is 9.49. The van der Waals surface area contributed by atoms with Crippen molar-refractivity contribution in [2.45, 2.75) is 40.0 Å². The molecule has 1 N–H and O–H groups in total. The number of rotatable bonds is 2. The van der Waals surface area contributed by atoms with E-state index < -0.39 is 0 Å². The van der Waals surface area contributed by atoms with E-state index in [9.17, 15) is 10.1 Å². The van der Waals surface area contributed by atoms with E-state index in [2.05, 4.69) is 32.2 Å². The van der Waals surface area contributed by atoms with E-state index in [0.29, 0.717) is 21.4 Å². The molecule has 5 heteroatoms.